The molecule has 1 aromatic heterocycles. The second-order valence-corrected chi connectivity index (χ2v) is 11.6. The number of rotatable bonds is 13. The zero-order valence-corrected chi connectivity index (χ0v) is 28.0. The van der Waals surface area contributed by atoms with Crippen LogP contribution < -0.4 is 21.7 Å². The number of nitrogens with two attached hydrogens (primary N) is 1. The molecular formula is C37H54N8. The lowest BCUT2D eigenvalue weighted by Crippen LogP contribution is -2.44. The lowest BCUT2D eigenvalue weighted by Gasteiger charge is -2.33. The number of benzene rings is 1. The van der Waals surface area contributed by atoms with Gasteiger partial charge in [-0.25, -0.2) is 9.98 Å². The molecule has 45 heavy (non-hydrogen) atoms. The van der Waals surface area contributed by atoms with Crippen molar-refractivity contribution in [1.82, 2.24) is 20.5 Å². The molecule has 3 atom stereocenters. The molecule has 5 N–H and O–H groups in total. The first-order chi connectivity index (χ1) is 21.8. The lowest BCUT2D eigenvalue weighted by atomic mass is 10.0. The number of anilines is 1. The quantitative estimate of drug-likeness (QED) is 0.111. The van der Waals surface area contributed by atoms with E-state index in [1.807, 2.05) is 32.3 Å². The van der Waals surface area contributed by atoms with Gasteiger partial charge in [-0.15, -0.1) is 0 Å². The number of amidine groups is 1. The lowest BCUT2D eigenvalue weighted by molar-refractivity contribution is 0.189. The standard InChI is InChI=1S/C30H37N7.C7H17N/c1-5-21(3)34-27-8-7-15-37(19-27)18-23-13-14-32-28(16-23)22(4)35-26-11-9-25(10-12-26)29-17-24(6-2)30(36-29)33-20-31;1-4-6-7(5-2)8-3/h5-6,9-14,16-17,20,22,27,34-35H,1,3,7-8,15,18-19H2,2,4H3,(H2,31,33,36);7-8H,4-6H2,1-3H3/b24-6+;. The number of nitrogens with one attached hydrogen (secondary N) is 3. The molecule has 3 heterocycles. The summed E-state index contributed by atoms with van der Waals surface area (Å²) in [5, 5.41) is 10.3. The van der Waals surface area contributed by atoms with Crippen molar-refractivity contribution in [3.63, 3.8) is 0 Å². The van der Waals surface area contributed by atoms with Gasteiger partial charge in [0.05, 0.1) is 23.8 Å². The summed E-state index contributed by atoms with van der Waals surface area (Å²) in [6.45, 7) is 19.4. The highest BCUT2D eigenvalue weighted by Gasteiger charge is 2.20. The van der Waals surface area contributed by atoms with Gasteiger partial charge in [0.1, 0.15) is 0 Å². The van der Waals surface area contributed by atoms with Gasteiger partial charge in [0.25, 0.3) is 0 Å². The maximum atomic E-state index is 5.46. The number of piperidine rings is 1. The monoisotopic (exact) mass is 610 g/mol. The summed E-state index contributed by atoms with van der Waals surface area (Å²) in [4.78, 5) is 15.9. The Morgan fingerprint density at radius 1 is 1.22 bits per heavy atom. The summed E-state index contributed by atoms with van der Waals surface area (Å²) in [5.41, 5.74) is 12.6. The fraction of sp³-hybridized carbons (Fsp3) is 0.432. The maximum absolute atomic E-state index is 5.46. The van der Waals surface area contributed by atoms with E-state index in [4.69, 9.17) is 5.73 Å². The molecule has 2 aromatic rings. The maximum Gasteiger partial charge on any atom is 0.161 e. The topological polar surface area (TPSA) is 103 Å². The van der Waals surface area contributed by atoms with Crippen LogP contribution in [0.4, 0.5) is 5.69 Å². The van der Waals surface area contributed by atoms with Crippen LogP contribution >= 0.6 is 0 Å². The van der Waals surface area contributed by atoms with Crippen LogP contribution in [0.2, 0.25) is 0 Å². The van der Waals surface area contributed by atoms with Crippen molar-refractivity contribution in [3.05, 3.63) is 102 Å². The van der Waals surface area contributed by atoms with Crippen molar-refractivity contribution in [3.8, 4) is 0 Å². The molecule has 2 aliphatic rings. The summed E-state index contributed by atoms with van der Waals surface area (Å²) >= 11 is 0. The van der Waals surface area contributed by atoms with Crippen LogP contribution in [-0.4, -0.2) is 54.3 Å². The van der Waals surface area contributed by atoms with Gasteiger partial charge in [-0.05, 0) is 95.1 Å². The van der Waals surface area contributed by atoms with E-state index in [0.717, 1.165) is 66.0 Å². The molecule has 0 bridgehead atoms. The molecule has 8 heteroatoms. The van der Waals surface area contributed by atoms with E-state index in [0.29, 0.717) is 11.9 Å². The van der Waals surface area contributed by atoms with Gasteiger partial charge in [-0.2, -0.15) is 0 Å². The number of allylic oxidation sites excluding steroid dienone is 2. The van der Waals surface area contributed by atoms with E-state index in [1.54, 1.807) is 6.08 Å². The molecule has 1 saturated heterocycles. The third-order valence-electron chi connectivity index (χ3n) is 8.22. The van der Waals surface area contributed by atoms with Crippen molar-refractivity contribution in [2.45, 2.75) is 84.5 Å². The van der Waals surface area contributed by atoms with Gasteiger partial charge in [0, 0.05) is 53.9 Å². The van der Waals surface area contributed by atoms with Crippen LogP contribution in [0, 0.1) is 0 Å². The Morgan fingerprint density at radius 3 is 2.62 bits per heavy atom. The van der Waals surface area contributed by atoms with Crippen LogP contribution in [0.5, 0.6) is 0 Å². The Labute approximate surface area is 271 Å². The molecule has 0 aliphatic carbocycles. The van der Waals surface area contributed by atoms with Crippen LogP contribution in [0.25, 0.3) is 5.70 Å². The Kier molecular flexibility index (Phi) is 14.8. The van der Waals surface area contributed by atoms with Gasteiger partial charge in [0.2, 0.25) is 0 Å². The number of hydrogen-bond donors (Lipinski definition) is 4. The van der Waals surface area contributed by atoms with Gasteiger partial charge in [-0.3, -0.25) is 9.88 Å². The van der Waals surface area contributed by atoms with E-state index in [9.17, 15) is 0 Å². The van der Waals surface area contributed by atoms with Crippen LogP contribution in [0.3, 0.4) is 0 Å². The molecule has 3 unspecified atom stereocenters. The Bertz CT molecular complexity index is 1350. The molecule has 2 aliphatic heterocycles. The third-order valence-corrected chi connectivity index (χ3v) is 8.22. The molecule has 0 saturated carbocycles. The minimum Gasteiger partial charge on any atom is -0.390 e. The molecule has 242 valence electrons. The van der Waals surface area contributed by atoms with Crippen molar-refractivity contribution < 1.29 is 0 Å². The first kappa shape index (κ1) is 35.5. The van der Waals surface area contributed by atoms with E-state index in [1.165, 1.54) is 37.6 Å². The van der Waals surface area contributed by atoms with E-state index in [2.05, 4.69) is 106 Å². The smallest absolute Gasteiger partial charge is 0.161 e. The fourth-order valence-corrected chi connectivity index (χ4v) is 5.65. The van der Waals surface area contributed by atoms with E-state index < -0.39 is 0 Å². The van der Waals surface area contributed by atoms with Gasteiger partial charge in [0.15, 0.2) is 5.84 Å². The molecule has 0 amide bonds. The molecular weight excluding hydrogens is 556 g/mol. The van der Waals surface area contributed by atoms with Crippen molar-refractivity contribution in [2.75, 3.05) is 25.5 Å². The predicted molar refractivity (Wildman–Crippen MR) is 193 cm³/mol. The van der Waals surface area contributed by atoms with Crippen LogP contribution in [0.15, 0.2) is 95.2 Å². The minimum atomic E-state index is 0.0707. The van der Waals surface area contributed by atoms with Crippen LogP contribution in [-0.2, 0) is 6.54 Å². The molecule has 0 radical (unpaired) electrons. The second-order valence-electron chi connectivity index (χ2n) is 11.6. The molecule has 1 fully saturated rings. The van der Waals surface area contributed by atoms with Gasteiger partial charge < -0.3 is 21.7 Å². The van der Waals surface area contributed by atoms with Gasteiger partial charge >= 0.3 is 0 Å². The van der Waals surface area contributed by atoms with Gasteiger partial charge in [-0.1, -0.05) is 51.6 Å². The van der Waals surface area contributed by atoms with Crippen molar-refractivity contribution in [1.29, 1.82) is 0 Å². The van der Waals surface area contributed by atoms with E-state index in [-0.39, 0.29) is 6.04 Å². The average molecular weight is 611 g/mol. The SMILES string of the molecule is C=CC(=C)NC1CCCN(Cc2ccnc(C(C)Nc3ccc(C4=C/C(=C\C)C(N=CN)=N4)cc3)c2)C1.CCCC(CC)NC. The fourth-order valence-electron chi connectivity index (χ4n) is 5.65. The molecule has 0 spiro atoms. The summed E-state index contributed by atoms with van der Waals surface area (Å²) in [5.74, 6) is 0.639. The average Bonchev–Trinajstić information content (AvgIpc) is 3.47. The highest BCUT2D eigenvalue weighted by Crippen LogP contribution is 2.28. The predicted octanol–water partition coefficient (Wildman–Crippen LogP) is 6.98. The number of nitrogens with zero attached hydrogens (tertiary/aromatic N) is 4. The minimum absolute atomic E-state index is 0.0707. The largest absolute Gasteiger partial charge is 0.390 e. The summed E-state index contributed by atoms with van der Waals surface area (Å²) in [7, 11) is 2.03. The Balaban J connectivity index is 0.000000610. The molecule has 8 nitrogen and oxygen atoms in total. The third kappa shape index (κ3) is 11.1. The Hall–Kier alpha value is -4.01. The highest BCUT2D eigenvalue weighted by molar-refractivity contribution is 6.11. The van der Waals surface area contributed by atoms with E-state index >= 15 is 0 Å². The summed E-state index contributed by atoms with van der Waals surface area (Å²) < 4.78 is 0. The first-order valence-electron chi connectivity index (χ1n) is 16.3. The highest BCUT2D eigenvalue weighted by atomic mass is 15.2. The first-order valence-corrected chi connectivity index (χ1v) is 16.3. The number of hydrogen-bond acceptors (Lipinski definition) is 7. The number of likely N-dealkylation sites (tertiary alicyclic amines) is 1. The normalized spacial score (nSPS) is 18.9. The zero-order chi connectivity index (χ0) is 32.6. The zero-order valence-electron chi connectivity index (χ0n) is 28.0. The second kappa shape index (κ2) is 18.7. The summed E-state index contributed by atoms with van der Waals surface area (Å²) in [6, 6.07) is 13.8. The number of aliphatic imine (C=N–C) groups is 2. The molecule has 4 rings (SSSR count). The Morgan fingerprint density at radius 2 is 2.00 bits per heavy atom. The van der Waals surface area contributed by atoms with Crippen molar-refractivity contribution in [2.24, 2.45) is 15.7 Å². The van der Waals surface area contributed by atoms with Crippen LogP contribution in [0.1, 0.15) is 82.7 Å². The van der Waals surface area contributed by atoms with Crippen molar-refractivity contribution >= 4 is 23.6 Å². The summed E-state index contributed by atoms with van der Waals surface area (Å²) in [6.07, 6.45) is 15.2. The number of aromatic nitrogens is 1. The number of pyridine rings is 1. The molecule has 1 aromatic carbocycles.